The van der Waals surface area contributed by atoms with Gasteiger partial charge in [0.2, 0.25) is 17.1 Å². The number of ether oxygens (including phenoxy) is 1. The molecule has 0 saturated carbocycles. The zero-order valence-electron chi connectivity index (χ0n) is 19.0. The smallest absolute Gasteiger partial charge is 0.258 e. The van der Waals surface area contributed by atoms with Crippen LogP contribution >= 0.6 is 11.6 Å². The van der Waals surface area contributed by atoms with E-state index in [0.29, 0.717) is 54.7 Å². The molecule has 1 atom stereocenters. The van der Waals surface area contributed by atoms with Gasteiger partial charge < -0.3 is 19.9 Å². The van der Waals surface area contributed by atoms with Crippen molar-refractivity contribution < 1.29 is 18.7 Å². The second-order valence-corrected chi connectivity index (χ2v) is 9.47. The monoisotopic (exact) mass is 496 g/mol. The van der Waals surface area contributed by atoms with Crippen molar-refractivity contribution in [1.29, 1.82) is 0 Å². The van der Waals surface area contributed by atoms with Crippen LogP contribution in [0.25, 0.3) is 11.3 Å². The van der Waals surface area contributed by atoms with Crippen molar-refractivity contribution in [2.75, 3.05) is 13.1 Å². The van der Waals surface area contributed by atoms with E-state index in [1.54, 1.807) is 11.1 Å². The number of fused-ring (bicyclic) bond motifs is 5. The van der Waals surface area contributed by atoms with Crippen molar-refractivity contribution in [3.05, 3.63) is 51.4 Å². The number of halogens is 2. The van der Waals surface area contributed by atoms with Crippen molar-refractivity contribution >= 4 is 23.4 Å². The van der Waals surface area contributed by atoms with Crippen LogP contribution in [0.15, 0.2) is 12.4 Å². The van der Waals surface area contributed by atoms with Gasteiger partial charge in [-0.15, -0.1) is 0 Å². The highest BCUT2D eigenvalue weighted by atomic mass is 35.5. The number of rotatable bonds is 4. The number of hydrogen-bond acceptors (Lipinski definition) is 6. The van der Waals surface area contributed by atoms with Crippen LogP contribution in [0.4, 0.5) is 4.39 Å². The largest absolute Gasteiger partial charge is 0.417 e. The maximum Gasteiger partial charge on any atom is 0.258 e. The van der Waals surface area contributed by atoms with Gasteiger partial charge in [-0.25, -0.2) is 14.4 Å². The van der Waals surface area contributed by atoms with Crippen molar-refractivity contribution in [2.24, 2.45) is 5.92 Å². The number of aryl methyl sites for hydroxylation is 1. The lowest BCUT2D eigenvalue weighted by molar-refractivity contribution is -0.131. The predicted octanol–water partition coefficient (Wildman–Crippen LogP) is 3.20. The van der Waals surface area contributed by atoms with Crippen molar-refractivity contribution in [1.82, 2.24) is 30.2 Å². The van der Waals surface area contributed by atoms with Crippen molar-refractivity contribution in [3.8, 4) is 23.0 Å². The molecule has 0 aromatic carbocycles. The highest BCUT2D eigenvalue weighted by Crippen LogP contribution is 2.41. The van der Waals surface area contributed by atoms with Gasteiger partial charge in [0.25, 0.3) is 11.8 Å². The van der Waals surface area contributed by atoms with Gasteiger partial charge in [0, 0.05) is 49.1 Å². The Morgan fingerprint density at radius 1 is 1.17 bits per heavy atom. The van der Waals surface area contributed by atoms with Gasteiger partial charge in [0.15, 0.2) is 5.82 Å². The second-order valence-electron chi connectivity index (χ2n) is 9.14. The Hall–Kier alpha value is -3.53. The standard InChI is InChI=1S/C24H22ClFN6O3/c1-11-5-7-32(23(11)34)10-13-9-29-24(25)31-21(13)35-22-18(26)16-12(8-28-22)2-3-14-17-15(30-19(14)16)4-6-27-20(17)33/h8-9,11,30H,2-7,10H2,1H3,(H,27,33)/t11-/m1/s1. The molecular formula is C24H22ClFN6O3. The van der Waals surface area contributed by atoms with Gasteiger partial charge in [-0.05, 0) is 42.0 Å². The molecular weight excluding hydrogens is 475 g/mol. The molecule has 9 nitrogen and oxygen atoms in total. The fraction of sp³-hybridized carbons (Fsp3) is 0.375. The molecule has 2 aliphatic heterocycles. The van der Waals surface area contributed by atoms with Crippen LogP contribution in [0.5, 0.6) is 11.8 Å². The zero-order chi connectivity index (χ0) is 24.3. The van der Waals surface area contributed by atoms with Crippen molar-refractivity contribution in [3.63, 3.8) is 0 Å². The topological polar surface area (TPSA) is 113 Å². The molecule has 1 fully saturated rings. The molecule has 11 heteroatoms. The Morgan fingerprint density at radius 2 is 2.03 bits per heavy atom. The van der Waals surface area contributed by atoms with E-state index >= 15 is 4.39 Å². The SMILES string of the molecule is C[C@@H]1CCN(Cc2cnc(Cl)nc2Oc2ncc3c(c2F)-c2[nH]c4c(c2CC3)C(=O)NCC4)C1=O. The number of pyridine rings is 1. The predicted molar refractivity (Wildman–Crippen MR) is 124 cm³/mol. The maximum absolute atomic E-state index is 15.9. The van der Waals surface area contributed by atoms with E-state index in [2.05, 4.69) is 25.3 Å². The van der Waals surface area contributed by atoms with E-state index in [0.717, 1.165) is 23.2 Å². The minimum Gasteiger partial charge on any atom is -0.417 e. The minimum atomic E-state index is -0.644. The number of carbonyl (C=O) groups is 2. The summed E-state index contributed by atoms with van der Waals surface area (Å²) in [6.07, 6.45) is 5.68. The zero-order valence-corrected chi connectivity index (χ0v) is 19.7. The number of likely N-dealkylation sites (tertiary alicyclic amines) is 1. The Balaban J connectivity index is 1.37. The van der Waals surface area contributed by atoms with E-state index in [9.17, 15) is 9.59 Å². The molecule has 0 unspecified atom stereocenters. The Bertz CT molecular complexity index is 1390. The molecule has 0 radical (unpaired) electrons. The summed E-state index contributed by atoms with van der Waals surface area (Å²) in [6.45, 7) is 3.27. The van der Waals surface area contributed by atoms with Gasteiger partial charge in [-0.3, -0.25) is 9.59 Å². The molecule has 3 aromatic heterocycles. The summed E-state index contributed by atoms with van der Waals surface area (Å²) in [4.78, 5) is 42.2. The lowest BCUT2D eigenvalue weighted by Crippen LogP contribution is -2.32. The van der Waals surface area contributed by atoms with Crippen LogP contribution in [-0.2, 0) is 30.6 Å². The number of carbonyl (C=O) groups excluding carboxylic acids is 2. The highest BCUT2D eigenvalue weighted by Gasteiger charge is 2.33. The van der Waals surface area contributed by atoms with E-state index in [1.165, 1.54) is 6.20 Å². The molecule has 6 rings (SSSR count). The number of amides is 2. The summed E-state index contributed by atoms with van der Waals surface area (Å²) < 4.78 is 21.7. The molecule has 35 heavy (non-hydrogen) atoms. The second kappa shape index (κ2) is 8.30. The first-order valence-corrected chi connectivity index (χ1v) is 12.0. The fourth-order valence-corrected chi connectivity index (χ4v) is 5.25. The Labute approximate surface area is 205 Å². The van der Waals surface area contributed by atoms with E-state index in [1.807, 2.05) is 6.92 Å². The number of hydrogen-bond donors (Lipinski definition) is 2. The summed E-state index contributed by atoms with van der Waals surface area (Å²) in [5.74, 6) is -1.000. The van der Waals surface area contributed by atoms with Gasteiger partial charge in [0.1, 0.15) is 0 Å². The lowest BCUT2D eigenvalue weighted by atomic mass is 9.88. The van der Waals surface area contributed by atoms with Gasteiger partial charge in [-0.2, -0.15) is 4.98 Å². The van der Waals surface area contributed by atoms with Crippen molar-refractivity contribution in [2.45, 2.75) is 39.2 Å². The molecule has 0 bridgehead atoms. The fourth-order valence-electron chi connectivity index (χ4n) is 5.12. The summed E-state index contributed by atoms with van der Waals surface area (Å²) in [5.41, 5.74) is 4.43. The molecule has 3 aromatic rings. The van der Waals surface area contributed by atoms with E-state index < -0.39 is 5.82 Å². The Kier molecular flexibility index (Phi) is 5.21. The van der Waals surface area contributed by atoms with Crippen LogP contribution in [0.3, 0.4) is 0 Å². The van der Waals surface area contributed by atoms with Gasteiger partial charge >= 0.3 is 0 Å². The van der Waals surface area contributed by atoms with Crippen LogP contribution in [0, 0.1) is 11.7 Å². The average Bonchev–Trinajstić information content (AvgIpc) is 3.38. The van der Waals surface area contributed by atoms with Crippen LogP contribution in [-0.4, -0.2) is 49.7 Å². The lowest BCUT2D eigenvalue weighted by Gasteiger charge is -2.20. The molecule has 3 aliphatic rings. The first-order valence-electron chi connectivity index (χ1n) is 11.6. The highest BCUT2D eigenvalue weighted by molar-refractivity contribution is 6.28. The molecule has 1 saturated heterocycles. The summed E-state index contributed by atoms with van der Waals surface area (Å²) in [6, 6.07) is 0. The first kappa shape index (κ1) is 22.0. The normalized spacial score (nSPS) is 18.7. The number of aromatic nitrogens is 4. The van der Waals surface area contributed by atoms with E-state index in [-0.39, 0.29) is 41.3 Å². The number of aromatic amines is 1. The van der Waals surface area contributed by atoms with Crippen LogP contribution in [0.1, 0.15) is 46.1 Å². The van der Waals surface area contributed by atoms with Crippen LogP contribution in [0.2, 0.25) is 5.28 Å². The number of nitrogens with one attached hydrogen (secondary N) is 2. The minimum absolute atomic E-state index is 0.0382. The molecule has 5 heterocycles. The third kappa shape index (κ3) is 3.63. The Morgan fingerprint density at radius 3 is 2.83 bits per heavy atom. The number of H-pyrrole nitrogens is 1. The molecule has 2 amide bonds. The quantitative estimate of drug-likeness (QED) is 0.536. The third-order valence-electron chi connectivity index (χ3n) is 6.94. The first-order chi connectivity index (χ1) is 16.9. The molecule has 2 N–H and O–H groups in total. The molecule has 180 valence electrons. The van der Waals surface area contributed by atoms with Gasteiger partial charge in [0.05, 0.1) is 23.4 Å². The molecule has 0 spiro atoms. The third-order valence-corrected chi connectivity index (χ3v) is 7.13. The van der Waals surface area contributed by atoms with Crippen LogP contribution < -0.4 is 10.1 Å². The summed E-state index contributed by atoms with van der Waals surface area (Å²) >= 11 is 6.01. The summed E-state index contributed by atoms with van der Waals surface area (Å²) in [5, 5.41) is 2.80. The average molecular weight is 497 g/mol. The van der Waals surface area contributed by atoms with E-state index in [4.69, 9.17) is 16.3 Å². The number of nitrogens with zero attached hydrogens (tertiary/aromatic N) is 4. The maximum atomic E-state index is 15.9. The molecule has 1 aliphatic carbocycles. The van der Waals surface area contributed by atoms with Gasteiger partial charge in [-0.1, -0.05) is 6.92 Å². The summed E-state index contributed by atoms with van der Waals surface area (Å²) in [7, 11) is 0.